The summed E-state index contributed by atoms with van der Waals surface area (Å²) in [5.74, 6) is 0. The van der Waals surface area contributed by atoms with Crippen molar-refractivity contribution in [3.05, 3.63) is 46.6 Å². The Morgan fingerprint density at radius 3 is 1.26 bits per heavy atom. The zero-order valence-electron chi connectivity index (χ0n) is 15.4. The Balaban J connectivity index is 2.80. The third-order valence-corrected chi connectivity index (χ3v) is 5.60. The molecule has 2 nitrogen and oxygen atoms in total. The highest BCUT2D eigenvalue weighted by molar-refractivity contribution is 5.51. The number of aliphatic hydroxyl groups is 2. The van der Waals surface area contributed by atoms with Crippen molar-refractivity contribution in [1.82, 2.24) is 0 Å². The van der Waals surface area contributed by atoms with Crippen LogP contribution in [0.1, 0.15) is 40.5 Å². The molecule has 2 rings (SSSR count). The fraction of sp³-hybridized carbons (Fsp3) is 0.579. The van der Waals surface area contributed by atoms with Crippen LogP contribution in [0.25, 0.3) is 0 Å². The normalized spacial score (nSPS) is 30.4. The highest BCUT2D eigenvalue weighted by Crippen LogP contribution is 2.62. The minimum atomic E-state index is -5.68. The number of hydrogen-bond donors (Lipinski definition) is 2. The number of alkyl halides is 6. The molecule has 0 bridgehead atoms. The molecule has 2 aliphatic rings. The molecule has 2 unspecified atom stereocenters. The van der Waals surface area contributed by atoms with Gasteiger partial charge in [-0.1, -0.05) is 24.3 Å². The molecule has 0 saturated carbocycles. The molecule has 2 atom stereocenters. The van der Waals surface area contributed by atoms with Gasteiger partial charge in [0.15, 0.2) is 0 Å². The molecule has 2 aliphatic carbocycles. The fourth-order valence-corrected chi connectivity index (χ4v) is 3.34. The van der Waals surface area contributed by atoms with E-state index in [1.165, 1.54) is 27.7 Å². The van der Waals surface area contributed by atoms with Gasteiger partial charge in [-0.3, -0.25) is 0 Å². The van der Waals surface area contributed by atoms with Gasteiger partial charge in [-0.2, -0.15) is 26.3 Å². The Bertz CT molecular complexity index is 681. The first-order valence-electron chi connectivity index (χ1n) is 8.34. The van der Waals surface area contributed by atoms with E-state index in [1.54, 1.807) is 0 Å². The summed E-state index contributed by atoms with van der Waals surface area (Å²) in [5.41, 5.74) is -9.17. The second-order valence-corrected chi connectivity index (χ2v) is 7.68. The van der Waals surface area contributed by atoms with Gasteiger partial charge in [0, 0.05) is 0 Å². The van der Waals surface area contributed by atoms with E-state index in [0.29, 0.717) is 0 Å². The predicted molar refractivity (Wildman–Crippen MR) is 88.7 cm³/mol. The van der Waals surface area contributed by atoms with Crippen LogP contribution in [0.5, 0.6) is 0 Å². The molecule has 0 amide bonds. The minimum Gasteiger partial charge on any atom is -0.385 e. The summed E-state index contributed by atoms with van der Waals surface area (Å²) in [7, 11) is 0. The number of halogens is 6. The molecule has 0 aromatic heterocycles. The van der Waals surface area contributed by atoms with Crippen LogP contribution in [-0.2, 0) is 0 Å². The van der Waals surface area contributed by atoms with Crippen LogP contribution in [0.2, 0.25) is 0 Å². The summed E-state index contributed by atoms with van der Waals surface area (Å²) in [6.07, 6.45) is -8.97. The minimum absolute atomic E-state index is 0.0157. The lowest BCUT2D eigenvalue weighted by atomic mass is 9.66. The van der Waals surface area contributed by atoms with Gasteiger partial charge in [0.2, 0.25) is 5.41 Å². The number of hydrogen-bond acceptors (Lipinski definition) is 2. The average Bonchev–Trinajstić information content (AvgIpc) is 2.44. The van der Waals surface area contributed by atoms with Gasteiger partial charge in [0.1, 0.15) is 0 Å². The summed E-state index contributed by atoms with van der Waals surface area (Å²) in [6.45, 7) is 5.25. The quantitative estimate of drug-likeness (QED) is 0.634. The molecule has 2 N–H and O–H groups in total. The summed E-state index contributed by atoms with van der Waals surface area (Å²) < 4.78 is 84.6. The van der Waals surface area contributed by atoms with Crippen LogP contribution in [0.3, 0.4) is 0 Å². The maximum Gasteiger partial charge on any atom is 0.411 e. The highest BCUT2D eigenvalue weighted by atomic mass is 19.4. The average molecular weight is 396 g/mol. The predicted octanol–water partition coefficient (Wildman–Crippen LogP) is 5.15. The Labute approximate surface area is 153 Å². The van der Waals surface area contributed by atoms with E-state index in [2.05, 4.69) is 0 Å². The SMILES string of the molecule is CC1=CC(C(C2=CCC(C)(O)C(C)=C2)(C(F)(F)F)C(F)(F)F)=CCC1(C)O. The van der Waals surface area contributed by atoms with Crippen LogP contribution >= 0.6 is 0 Å². The lowest BCUT2D eigenvalue weighted by molar-refractivity contribution is -0.309. The van der Waals surface area contributed by atoms with Gasteiger partial charge in [0.25, 0.3) is 0 Å². The number of rotatable bonds is 2. The molecule has 0 aromatic rings. The molecule has 0 radical (unpaired) electrons. The molecular weight excluding hydrogens is 374 g/mol. The molecule has 8 heteroatoms. The maximum absolute atomic E-state index is 14.1. The van der Waals surface area contributed by atoms with Crippen molar-refractivity contribution in [2.45, 2.75) is 64.1 Å². The van der Waals surface area contributed by atoms with Gasteiger partial charge in [-0.05, 0) is 62.8 Å². The summed E-state index contributed by atoms with van der Waals surface area (Å²) in [5, 5.41) is 20.2. The zero-order valence-corrected chi connectivity index (χ0v) is 15.4. The van der Waals surface area contributed by atoms with Crippen molar-refractivity contribution in [2.75, 3.05) is 0 Å². The summed E-state index contributed by atoms with van der Waals surface area (Å²) in [4.78, 5) is 0. The third kappa shape index (κ3) is 3.38. The summed E-state index contributed by atoms with van der Waals surface area (Å²) >= 11 is 0. The lowest BCUT2D eigenvalue weighted by Gasteiger charge is -2.43. The topological polar surface area (TPSA) is 40.5 Å². The van der Waals surface area contributed by atoms with Gasteiger partial charge >= 0.3 is 12.4 Å². The Morgan fingerprint density at radius 2 is 1.04 bits per heavy atom. The van der Waals surface area contributed by atoms with Crippen LogP contribution in [0, 0.1) is 5.41 Å². The Morgan fingerprint density at radius 1 is 0.741 bits per heavy atom. The Hall–Kier alpha value is -1.54. The van der Waals surface area contributed by atoms with E-state index < -0.39 is 40.1 Å². The molecule has 0 aromatic carbocycles. The van der Waals surface area contributed by atoms with Gasteiger partial charge in [-0.25, -0.2) is 0 Å². The molecule has 0 aliphatic heterocycles. The smallest absolute Gasteiger partial charge is 0.385 e. The largest absolute Gasteiger partial charge is 0.411 e. The van der Waals surface area contributed by atoms with E-state index in [0.717, 1.165) is 24.3 Å². The maximum atomic E-state index is 14.1. The van der Waals surface area contributed by atoms with Crippen LogP contribution in [0.15, 0.2) is 46.6 Å². The lowest BCUT2D eigenvalue weighted by Crippen LogP contribution is -2.53. The van der Waals surface area contributed by atoms with Crippen molar-refractivity contribution in [3.8, 4) is 0 Å². The molecule has 152 valence electrons. The van der Waals surface area contributed by atoms with E-state index in [4.69, 9.17) is 0 Å². The Kier molecular flexibility index (Phi) is 5.03. The van der Waals surface area contributed by atoms with Crippen LogP contribution < -0.4 is 0 Å². The zero-order chi connectivity index (χ0) is 21.1. The van der Waals surface area contributed by atoms with Crippen molar-refractivity contribution in [3.63, 3.8) is 0 Å². The van der Waals surface area contributed by atoms with E-state index >= 15 is 0 Å². The van der Waals surface area contributed by atoms with Crippen molar-refractivity contribution < 1.29 is 36.6 Å². The van der Waals surface area contributed by atoms with E-state index in [9.17, 15) is 36.6 Å². The molecule has 0 fully saturated rings. The third-order valence-electron chi connectivity index (χ3n) is 5.60. The first-order valence-corrected chi connectivity index (χ1v) is 8.34. The number of allylic oxidation sites excluding steroid dienone is 4. The van der Waals surface area contributed by atoms with Gasteiger partial charge < -0.3 is 10.2 Å². The molecule has 27 heavy (non-hydrogen) atoms. The van der Waals surface area contributed by atoms with Crippen molar-refractivity contribution in [2.24, 2.45) is 5.41 Å². The standard InChI is InChI=1S/C19H22F6O2/c1-11-9-13(5-7-15(11,3)26)17(18(20,21)22,19(23,24)25)14-6-8-16(4,27)12(2)10-14/h5-6,9-10,26-27H,7-8H2,1-4H3. The van der Waals surface area contributed by atoms with Crippen molar-refractivity contribution >= 4 is 0 Å². The first kappa shape index (κ1) is 21.8. The van der Waals surface area contributed by atoms with Gasteiger partial charge in [0.05, 0.1) is 11.2 Å². The highest BCUT2D eigenvalue weighted by Gasteiger charge is 2.73. The monoisotopic (exact) mass is 396 g/mol. The van der Waals surface area contributed by atoms with Crippen LogP contribution in [-0.4, -0.2) is 33.8 Å². The van der Waals surface area contributed by atoms with E-state index in [-0.39, 0.29) is 24.0 Å². The molecule has 0 spiro atoms. The van der Waals surface area contributed by atoms with Crippen molar-refractivity contribution in [1.29, 1.82) is 0 Å². The molecule has 0 heterocycles. The fourth-order valence-electron chi connectivity index (χ4n) is 3.34. The summed E-state index contributed by atoms with van der Waals surface area (Å²) in [6, 6.07) is 0. The van der Waals surface area contributed by atoms with E-state index in [1.807, 2.05) is 0 Å². The first-order chi connectivity index (χ1) is 12.0. The van der Waals surface area contributed by atoms with Crippen LogP contribution in [0.4, 0.5) is 26.3 Å². The molecular formula is C19H22F6O2. The molecule has 0 saturated heterocycles. The second kappa shape index (κ2) is 6.24. The second-order valence-electron chi connectivity index (χ2n) is 7.68. The van der Waals surface area contributed by atoms with Gasteiger partial charge in [-0.15, -0.1) is 0 Å².